The topological polar surface area (TPSA) is 26.3 Å². The molecule has 48 heavy (non-hydrogen) atoms. The van der Waals surface area contributed by atoms with E-state index in [9.17, 15) is 0 Å². The number of hydrogen-bond donors (Lipinski definition) is 0. The molecule has 0 unspecified atom stereocenters. The molecular formula is C46H46O2. The van der Waals surface area contributed by atoms with Crippen molar-refractivity contribution in [2.45, 2.75) is 104 Å². The fourth-order valence-electron chi connectivity index (χ4n) is 7.00. The van der Waals surface area contributed by atoms with Gasteiger partial charge in [0.1, 0.15) is 22.3 Å². The quantitative estimate of drug-likeness (QED) is 0.0992. The minimum Gasteiger partial charge on any atom is -0.456 e. The van der Waals surface area contributed by atoms with Crippen LogP contribution in [-0.2, 0) is 0 Å². The van der Waals surface area contributed by atoms with Crippen LogP contribution in [-0.4, -0.2) is 0 Å². The lowest BCUT2D eigenvalue weighted by Gasteiger charge is -2.00. The summed E-state index contributed by atoms with van der Waals surface area (Å²) in [5.74, 6) is 13.5. The van der Waals surface area contributed by atoms with E-state index < -0.39 is 0 Å². The van der Waals surface area contributed by atoms with Gasteiger partial charge in [0.2, 0.25) is 0 Å². The van der Waals surface area contributed by atoms with Gasteiger partial charge in [-0.3, -0.25) is 0 Å². The molecule has 5 aromatic carbocycles. The predicted molar refractivity (Wildman–Crippen MR) is 206 cm³/mol. The minimum atomic E-state index is 0.880. The second-order valence-electron chi connectivity index (χ2n) is 13.5. The molecule has 0 aliphatic rings. The van der Waals surface area contributed by atoms with E-state index in [1.807, 2.05) is 0 Å². The lowest BCUT2D eigenvalue weighted by Crippen LogP contribution is -1.79. The maximum absolute atomic E-state index is 6.47. The summed E-state index contributed by atoms with van der Waals surface area (Å²) in [6.45, 7) is 4.52. The van der Waals surface area contributed by atoms with Crippen molar-refractivity contribution in [1.82, 2.24) is 0 Å². The van der Waals surface area contributed by atoms with E-state index in [2.05, 4.69) is 110 Å². The van der Waals surface area contributed by atoms with E-state index in [1.54, 1.807) is 0 Å². The maximum Gasteiger partial charge on any atom is 0.136 e. The SMILES string of the molecule is CCCCCCCCC#Cc1ccc2cc3c(cc2c1)oc1cc2c(cc13)oc1cc3cc(C#CCCCCCCCC)ccc3cc12. The van der Waals surface area contributed by atoms with Gasteiger partial charge < -0.3 is 8.83 Å². The zero-order valence-corrected chi connectivity index (χ0v) is 28.6. The van der Waals surface area contributed by atoms with Crippen LogP contribution in [0, 0.1) is 23.7 Å². The molecular weight excluding hydrogens is 585 g/mol. The van der Waals surface area contributed by atoms with E-state index in [1.165, 1.54) is 87.8 Å². The third kappa shape index (κ3) is 7.10. The summed E-state index contributed by atoms with van der Waals surface area (Å²) in [6.07, 6.45) is 17.5. The van der Waals surface area contributed by atoms with Crippen molar-refractivity contribution in [2.75, 3.05) is 0 Å². The van der Waals surface area contributed by atoms with Crippen LogP contribution in [0.5, 0.6) is 0 Å². The highest BCUT2D eigenvalue weighted by Gasteiger charge is 2.15. The van der Waals surface area contributed by atoms with Crippen LogP contribution in [0.15, 0.2) is 81.6 Å². The van der Waals surface area contributed by atoms with E-state index >= 15 is 0 Å². The van der Waals surface area contributed by atoms with Crippen LogP contribution in [0.3, 0.4) is 0 Å². The Morgan fingerprint density at radius 1 is 0.396 bits per heavy atom. The first kappa shape index (κ1) is 31.9. The van der Waals surface area contributed by atoms with Gasteiger partial charge in [-0.05, 0) is 95.1 Å². The van der Waals surface area contributed by atoms with Crippen LogP contribution in [0.2, 0.25) is 0 Å². The molecule has 2 heteroatoms. The third-order valence-corrected chi connectivity index (χ3v) is 9.76. The molecule has 2 nitrogen and oxygen atoms in total. The fraction of sp³-hybridized carbons (Fsp3) is 0.348. The standard InChI is InChI=1S/C46H46O2/c1-3-5-7-9-11-13-15-17-19-33-21-23-35-27-39-41-31-46-42(32-45(41)47-43(39)29-37(35)25-33)40-28-36-24-22-34(26-38(36)30-44(40)48-46)20-18-16-14-12-10-8-6-4-2/h21-32H,3-16H2,1-2H3. The van der Waals surface area contributed by atoms with Gasteiger partial charge in [-0.25, -0.2) is 0 Å². The monoisotopic (exact) mass is 630 g/mol. The maximum atomic E-state index is 6.47. The summed E-state index contributed by atoms with van der Waals surface area (Å²) < 4.78 is 12.9. The van der Waals surface area contributed by atoms with Crippen molar-refractivity contribution in [3.05, 3.63) is 83.9 Å². The number of furan rings is 2. The van der Waals surface area contributed by atoms with E-state index in [-0.39, 0.29) is 0 Å². The summed E-state index contributed by atoms with van der Waals surface area (Å²) in [6, 6.07) is 26.1. The lowest BCUT2D eigenvalue weighted by molar-refractivity contribution is 0.614. The Balaban J connectivity index is 1.11. The molecule has 242 valence electrons. The molecule has 0 bridgehead atoms. The van der Waals surface area contributed by atoms with Gasteiger partial charge in [0.15, 0.2) is 0 Å². The zero-order chi connectivity index (χ0) is 32.7. The molecule has 0 aliphatic carbocycles. The number of fused-ring (bicyclic) bond motifs is 8. The smallest absolute Gasteiger partial charge is 0.136 e. The van der Waals surface area contributed by atoms with Crippen molar-refractivity contribution in [1.29, 1.82) is 0 Å². The van der Waals surface area contributed by atoms with E-state index in [0.29, 0.717) is 0 Å². The Hall–Kier alpha value is -4.66. The molecule has 0 fully saturated rings. The summed E-state index contributed by atoms with van der Waals surface area (Å²) in [7, 11) is 0. The number of hydrogen-bond acceptors (Lipinski definition) is 2. The normalized spacial score (nSPS) is 11.5. The Kier molecular flexibility index (Phi) is 10.0. The molecule has 0 N–H and O–H groups in total. The van der Waals surface area contributed by atoms with Gasteiger partial charge >= 0.3 is 0 Å². The fourth-order valence-corrected chi connectivity index (χ4v) is 7.00. The van der Waals surface area contributed by atoms with Gasteiger partial charge in [0, 0.05) is 45.5 Å². The minimum absolute atomic E-state index is 0.880. The molecule has 0 saturated heterocycles. The van der Waals surface area contributed by atoms with Crippen molar-refractivity contribution in [2.24, 2.45) is 0 Å². The van der Waals surface area contributed by atoms with Gasteiger partial charge in [-0.1, -0.05) is 114 Å². The summed E-state index contributed by atoms with van der Waals surface area (Å²) in [5.41, 5.74) is 5.67. The summed E-state index contributed by atoms with van der Waals surface area (Å²) in [5, 5.41) is 9.05. The van der Waals surface area contributed by atoms with Crippen molar-refractivity contribution in [3.8, 4) is 23.7 Å². The molecule has 0 atom stereocenters. The highest BCUT2D eigenvalue weighted by Crippen LogP contribution is 2.39. The molecule has 7 rings (SSSR count). The molecule has 0 aliphatic heterocycles. The van der Waals surface area contributed by atoms with Crippen LogP contribution >= 0.6 is 0 Å². The van der Waals surface area contributed by atoms with Gasteiger partial charge in [0.25, 0.3) is 0 Å². The first-order valence-corrected chi connectivity index (χ1v) is 18.4. The molecule has 0 radical (unpaired) electrons. The van der Waals surface area contributed by atoms with Gasteiger partial charge in [0.05, 0.1) is 0 Å². The van der Waals surface area contributed by atoms with E-state index in [4.69, 9.17) is 8.83 Å². The Morgan fingerprint density at radius 3 is 1.25 bits per heavy atom. The number of rotatable bonds is 12. The zero-order valence-electron chi connectivity index (χ0n) is 28.6. The Bertz CT molecular complexity index is 2170. The highest BCUT2D eigenvalue weighted by atomic mass is 16.3. The third-order valence-electron chi connectivity index (χ3n) is 9.76. The summed E-state index contributed by atoms with van der Waals surface area (Å²) in [4.78, 5) is 0. The van der Waals surface area contributed by atoms with Crippen LogP contribution in [0.1, 0.15) is 115 Å². The van der Waals surface area contributed by atoms with Crippen molar-refractivity contribution in [3.63, 3.8) is 0 Å². The lowest BCUT2D eigenvalue weighted by atomic mass is 10.0. The second-order valence-corrected chi connectivity index (χ2v) is 13.5. The highest BCUT2D eigenvalue weighted by molar-refractivity contribution is 6.18. The average molecular weight is 631 g/mol. The molecule has 2 aromatic heterocycles. The van der Waals surface area contributed by atoms with Crippen molar-refractivity contribution < 1.29 is 8.83 Å². The first-order chi connectivity index (χ1) is 23.7. The largest absolute Gasteiger partial charge is 0.456 e. The summed E-state index contributed by atoms with van der Waals surface area (Å²) >= 11 is 0. The molecule has 0 saturated carbocycles. The first-order valence-electron chi connectivity index (χ1n) is 18.4. The number of benzene rings is 5. The van der Waals surface area contributed by atoms with Gasteiger partial charge in [-0.15, -0.1) is 0 Å². The average Bonchev–Trinajstić information content (AvgIpc) is 3.63. The Morgan fingerprint density at radius 2 is 0.792 bits per heavy atom. The van der Waals surface area contributed by atoms with Crippen LogP contribution < -0.4 is 0 Å². The van der Waals surface area contributed by atoms with Crippen LogP contribution in [0.25, 0.3) is 65.4 Å². The molecule has 0 spiro atoms. The second kappa shape index (κ2) is 15.0. The van der Waals surface area contributed by atoms with Crippen molar-refractivity contribution >= 4 is 65.4 Å². The Labute approximate surface area is 284 Å². The number of unbranched alkanes of at least 4 members (excludes halogenated alkanes) is 12. The molecule has 2 heterocycles. The molecule has 7 aromatic rings. The van der Waals surface area contributed by atoms with E-state index in [0.717, 1.165) is 78.6 Å². The van der Waals surface area contributed by atoms with Crippen LogP contribution in [0.4, 0.5) is 0 Å². The van der Waals surface area contributed by atoms with Gasteiger partial charge in [-0.2, -0.15) is 0 Å². The predicted octanol–water partition coefficient (Wildman–Crippen LogP) is 14.0. The molecule has 0 amide bonds.